The first kappa shape index (κ1) is 21.7. The molecule has 26 heavy (non-hydrogen) atoms. The van der Waals surface area contributed by atoms with Crippen LogP contribution in [0.3, 0.4) is 0 Å². The standard InChI is InChI=1S/C18H29N3O5/c1-18(2,3)26-17(25)20-13-7-5-6-8-14(13)21(4)16(24)12(9-10-19)11-15(22)23/h12-14H,5-9,11H2,1-4H3,(H,20,25)(H,22,23)/t12-,13+,14+/m1/s1. The Kier molecular flexibility index (Phi) is 7.87. The van der Waals surface area contributed by atoms with E-state index in [1.54, 1.807) is 27.8 Å². The fraction of sp³-hybridized carbons (Fsp3) is 0.778. The summed E-state index contributed by atoms with van der Waals surface area (Å²) in [6.45, 7) is 5.33. The molecule has 0 radical (unpaired) electrons. The van der Waals surface area contributed by atoms with Crippen LogP contribution in [-0.4, -0.2) is 52.7 Å². The van der Waals surface area contributed by atoms with Crippen LogP contribution in [0.2, 0.25) is 0 Å². The van der Waals surface area contributed by atoms with Gasteiger partial charge in [-0.2, -0.15) is 5.26 Å². The van der Waals surface area contributed by atoms with Crippen LogP contribution in [0.4, 0.5) is 4.79 Å². The number of carboxylic acid groups (broad SMARTS) is 1. The van der Waals surface area contributed by atoms with Crippen LogP contribution in [-0.2, 0) is 14.3 Å². The summed E-state index contributed by atoms with van der Waals surface area (Å²) >= 11 is 0. The number of rotatable bonds is 6. The molecule has 1 aliphatic carbocycles. The molecular weight excluding hydrogens is 338 g/mol. The maximum absolute atomic E-state index is 12.7. The summed E-state index contributed by atoms with van der Waals surface area (Å²) in [6.07, 6.45) is 2.19. The van der Waals surface area contributed by atoms with Gasteiger partial charge in [0.05, 0.1) is 30.5 Å². The van der Waals surface area contributed by atoms with Crippen molar-refractivity contribution in [3.8, 4) is 6.07 Å². The van der Waals surface area contributed by atoms with E-state index in [1.807, 2.05) is 6.07 Å². The summed E-state index contributed by atoms with van der Waals surface area (Å²) in [5.74, 6) is -2.37. The largest absolute Gasteiger partial charge is 0.481 e. The number of hydrogen-bond donors (Lipinski definition) is 2. The highest BCUT2D eigenvalue weighted by molar-refractivity contribution is 5.83. The minimum absolute atomic E-state index is 0.146. The summed E-state index contributed by atoms with van der Waals surface area (Å²) in [5, 5.41) is 20.7. The summed E-state index contributed by atoms with van der Waals surface area (Å²) in [5.41, 5.74) is -0.616. The molecule has 2 N–H and O–H groups in total. The lowest BCUT2D eigenvalue weighted by molar-refractivity contribution is -0.145. The fourth-order valence-electron chi connectivity index (χ4n) is 3.22. The lowest BCUT2D eigenvalue weighted by Gasteiger charge is -2.39. The third kappa shape index (κ3) is 6.90. The van der Waals surface area contributed by atoms with Crippen molar-refractivity contribution >= 4 is 18.0 Å². The minimum Gasteiger partial charge on any atom is -0.481 e. The molecule has 1 fully saturated rings. The van der Waals surface area contributed by atoms with Gasteiger partial charge >= 0.3 is 12.1 Å². The molecule has 0 spiro atoms. The maximum atomic E-state index is 12.7. The van der Waals surface area contributed by atoms with Crippen molar-refractivity contribution in [1.29, 1.82) is 5.26 Å². The van der Waals surface area contributed by atoms with E-state index >= 15 is 0 Å². The predicted molar refractivity (Wildman–Crippen MR) is 94.2 cm³/mol. The Morgan fingerprint density at radius 3 is 2.46 bits per heavy atom. The van der Waals surface area contributed by atoms with Gasteiger partial charge in [0.15, 0.2) is 0 Å². The van der Waals surface area contributed by atoms with Crippen molar-refractivity contribution in [3.05, 3.63) is 0 Å². The van der Waals surface area contributed by atoms with Crippen LogP contribution in [0, 0.1) is 17.2 Å². The Morgan fingerprint density at radius 2 is 1.92 bits per heavy atom. The molecule has 3 atom stereocenters. The summed E-state index contributed by atoms with van der Waals surface area (Å²) < 4.78 is 5.29. The Labute approximate surface area is 154 Å². The second-order valence-electron chi connectivity index (χ2n) is 7.71. The number of carbonyl (C=O) groups is 3. The number of alkyl carbamates (subject to hydrolysis) is 1. The summed E-state index contributed by atoms with van der Waals surface area (Å²) in [4.78, 5) is 37.3. The molecule has 0 heterocycles. The van der Waals surface area contributed by atoms with E-state index in [2.05, 4.69) is 5.32 Å². The Morgan fingerprint density at radius 1 is 1.31 bits per heavy atom. The fourth-order valence-corrected chi connectivity index (χ4v) is 3.22. The van der Waals surface area contributed by atoms with Crippen molar-refractivity contribution in [1.82, 2.24) is 10.2 Å². The van der Waals surface area contributed by atoms with Crippen LogP contribution >= 0.6 is 0 Å². The molecular formula is C18H29N3O5. The minimum atomic E-state index is -1.11. The molecule has 8 heteroatoms. The highest BCUT2D eigenvalue weighted by Gasteiger charge is 2.35. The van der Waals surface area contributed by atoms with Crippen LogP contribution in [0.5, 0.6) is 0 Å². The molecule has 0 bridgehead atoms. The van der Waals surface area contributed by atoms with E-state index in [4.69, 9.17) is 15.1 Å². The smallest absolute Gasteiger partial charge is 0.407 e. The number of amides is 2. The summed E-state index contributed by atoms with van der Waals surface area (Å²) in [6, 6.07) is 1.37. The van der Waals surface area contributed by atoms with Gasteiger partial charge in [-0.25, -0.2) is 4.79 Å². The van der Waals surface area contributed by atoms with Crippen molar-refractivity contribution in [2.24, 2.45) is 5.92 Å². The van der Waals surface area contributed by atoms with Crippen LogP contribution in [0.15, 0.2) is 0 Å². The Balaban J connectivity index is 2.83. The summed E-state index contributed by atoms with van der Waals surface area (Å²) in [7, 11) is 1.61. The lowest BCUT2D eigenvalue weighted by Crippen LogP contribution is -2.55. The Bertz CT molecular complexity index is 564. The van der Waals surface area contributed by atoms with Gasteiger partial charge in [0, 0.05) is 13.5 Å². The van der Waals surface area contributed by atoms with Crippen molar-refractivity contribution in [2.45, 2.75) is 77.0 Å². The van der Waals surface area contributed by atoms with Gasteiger partial charge < -0.3 is 20.1 Å². The number of aliphatic carboxylic acids is 1. The van der Waals surface area contributed by atoms with E-state index < -0.39 is 23.6 Å². The molecule has 1 rings (SSSR count). The van der Waals surface area contributed by atoms with E-state index in [0.717, 1.165) is 12.8 Å². The third-order valence-electron chi connectivity index (χ3n) is 4.38. The monoisotopic (exact) mass is 367 g/mol. The number of nitrogens with one attached hydrogen (secondary N) is 1. The number of nitriles is 1. The first-order chi connectivity index (χ1) is 12.0. The molecule has 8 nitrogen and oxygen atoms in total. The molecule has 0 aliphatic heterocycles. The first-order valence-corrected chi connectivity index (χ1v) is 8.90. The number of nitrogens with zero attached hydrogens (tertiary/aromatic N) is 2. The van der Waals surface area contributed by atoms with Gasteiger partial charge in [0.1, 0.15) is 5.60 Å². The average molecular weight is 367 g/mol. The maximum Gasteiger partial charge on any atom is 0.407 e. The number of likely N-dealkylation sites (N-methyl/N-ethyl adjacent to an activating group) is 1. The first-order valence-electron chi connectivity index (χ1n) is 8.90. The van der Waals surface area contributed by atoms with Gasteiger partial charge in [0.25, 0.3) is 0 Å². The van der Waals surface area contributed by atoms with Crippen molar-refractivity contribution in [2.75, 3.05) is 7.05 Å². The second kappa shape index (κ2) is 9.41. The molecule has 0 saturated heterocycles. The zero-order valence-corrected chi connectivity index (χ0v) is 15.9. The quantitative estimate of drug-likeness (QED) is 0.743. The van der Waals surface area contributed by atoms with Gasteiger partial charge in [-0.05, 0) is 33.6 Å². The number of carbonyl (C=O) groups excluding carboxylic acids is 2. The van der Waals surface area contributed by atoms with Crippen LogP contribution in [0.1, 0.15) is 59.3 Å². The van der Waals surface area contributed by atoms with Gasteiger partial charge in [-0.15, -0.1) is 0 Å². The molecule has 0 unspecified atom stereocenters. The molecule has 0 aromatic carbocycles. The molecule has 0 aromatic rings. The molecule has 1 saturated carbocycles. The van der Waals surface area contributed by atoms with E-state index in [-0.39, 0.29) is 30.8 Å². The van der Waals surface area contributed by atoms with E-state index in [0.29, 0.717) is 12.8 Å². The second-order valence-corrected chi connectivity index (χ2v) is 7.71. The van der Waals surface area contributed by atoms with Gasteiger partial charge in [0.2, 0.25) is 5.91 Å². The molecule has 146 valence electrons. The van der Waals surface area contributed by atoms with Gasteiger partial charge in [-0.1, -0.05) is 12.8 Å². The highest BCUT2D eigenvalue weighted by atomic mass is 16.6. The van der Waals surface area contributed by atoms with Crippen molar-refractivity contribution in [3.63, 3.8) is 0 Å². The number of hydrogen-bond acceptors (Lipinski definition) is 5. The van der Waals surface area contributed by atoms with Crippen molar-refractivity contribution < 1.29 is 24.2 Å². The van der Waals surface area contributed by atoms with Crippen LogP contribution in [0.25, 0.3) is 0 Å². The number of carboxylic acids is 1. The number of ether oxygens (including phenoxy) is 1. The topological polar surface area (TPSA) is 120 Å². The zero-order chi connectivity index (χ0) is 19.9. The molecule has 0 aromatic heterocycles. The zero-order valence-electron chi connectivity index (χ0n) is 15.9. The normalized spacial score (nSPS) is 21.2. The molecule has 2 amide bonds. The van der Waals surface area contributed by atoms with Crippen LogP contribution < -0.4 is 5.32 Å². The Hall–Kier alpha value is -2.30. The third-order valence-corrected chi connectivity index (χ3v) is 4.38. The highest BCUT2D eigenvalue weighted by Crippen LogP contribution is 2.25. The van der Waals surface area contributed by atoms with Gasteiger partial charge in [-0.3, -0.25) is 9.59 Å². The predicted octanol–water partition coefficient (Wildman–Crippen LogP) is 2.29. The average Bonchev–Trinajstić information content (AvgIpc) is 2.51. The van der Waals surface area contributed by atoms with E-state index in [1.165, 1.54) is 4.90 Å². The van der Waals surface area contributed by atoms with E-state index in [9.17, 15) is 14.4 Å². The lowest BCUT2D eigenvalue weighted by atomic mass is 9.88. The SMILES string of the molecule is CN(C(=O)[C@H](CC#N)CC(=O)O)[C@H]1CCCC[C@@H]1NC(=O)OC(C)(C)C. The molecule has 1 aliphatic rings.